The number of nitrogens with zero attached hydrogens (tertiary/aromatic N) is 1. The van der Waals surface area contributed by atoms with Crippen molar-refractivity contribution in [3.63, 3.8) is 0 Å². The first-order valence-electron chi connectivity index (χ1n) is 6.21. The van der Waals surface area contributed by atoms with Gasteiger partial charge in [0.05, 0.1) is 15.6 Å². The molecule has 0 amide bonds. The quantitative estimate of drug-likeness (QED) is 0.924. The topological polar surface area (TPSA) is 74.7 Å². The number of hydrogen-bond acceptors (Lipinski definition) is 4. The molecular weight excluding hydrogens is 302 g/mol. The lowest BCUT2D eigenvalue weighted by atomic mass is 10.1. The minimum atomic E-state index is -3.35. The van der Waals surface area contributed by atoms with Gasteiger partial charge in [0, 0.05) is 12.8 Å². The zero-order valence-corrected chi connectivity index (χ0v) is 12.8. The van der Waals surface area contributed by atoms with E-state index >= 15 is 0 Å². The fourth-order valence-electron chi connectivity index (χ4n) is 2.58. The van der Waals surface area contributed by atoms with Gasteiger partial charge in [-0.3, -0.25) is 0 Å². The molecule has 2 rings (SSSR count). The van der Waals surface area contributed by atoms with E-state index in [2.05, 4.69) is 0 Å². The predicted octanol–water partition coefficient (Wildman–Crippen LogP) is 2.11. The molecule has 1 fully saturated rings. The van der Waals surface area contributed by atoms with Crippen molar-refractivity contribution in [2.75, 3.05) is 17.7 Å². The molecule has 0 saturated carbocycles. The molecule has 1 saturated heterocycles. The molecule has 0 aliphatic carbocycles. The number of halogens is 1. The van der Waals surface area contributed by atoms with Gasteiger partial charge in [0.15, 0.2) is 9.84 Å². The molecule has 1 N–H and O–H groups in total. The Morgan fingerprint density at radius 3 is 2.65 bits per heavy atom. The summed E-state index contributed by atoms with van der Waals surface area (Å²) in [6, 6.07) is 2.45. The first-order chi connectivity index (χ1) is 9.21. The van der Waals surface area contributed by atoms with Gasteiger partial charge in [-0.15, -0.1) is 0 Å². The van der Waals surface area contributed by atoms with Crippen LogP contribution in [0.3, 0.4) is 0 Å². The van der Waals surface area contributed by atoms with Crippen LogP contribution >= 0.6 is 11.6 Å². The van der Waals surface area contributed by atoms with Gasteiger partial charge in [0.1, 0.15) is 6.04 Å². The number of carboxylic acids is 1. The van der Waals surface area contributed by atoms with E-state index in [1.54, 1.807) is 17.9 Å². The predicted molar refractivity (Wildman–Crippen MR) is 77.3 cm³/mol. The van der Waals surface area contributed by atoms with Crippen molar-refractivity contribution in [2.24, 2.45) is 0 Å². The molecule has 1 aliphatic rings. The van der Waals surface area contributed by atoms with Gasteiger partial charge >= 0.3 is 5.97 Å². The largest absolute Gasteiger partial charge is 0.480 e. The van der Waals surface area contributed by atoms with Crippen LogP contribution in [-0.4, -0.2) is 38.3 Å². The van der Waals surface area contributed by atoms with Gasteiger partial charge < -0.3 is 10.0 Å². The second-order valence-electron chi connectivity index (χ2n) is 5.03. The first-order valence-corrected chi connectivity index (χ1v) is 8.48. The molecule has 20 heavy (non-hydrogen) atoms. The van der Waals surface area contributed by atoms with E-state index in [1.807, 2.05) is 0 Å². The number of aryl methyl sites for hydroxylation is 1. The Bertz CT molecular complexity index is 657. The number of carboxylic acid groups (broad SMARTS) is 1. The van der Waals surface area contributed by atoms with E-state index in [9.17, 15) is 18.3 Å². The van der Waals surface area contributed by atoms with Crippen molar-refractivity contribution in [3.8, 4) is 0 Å². The summed E-state index contributed by atoms with van der Waals surface area (Å²) >= 11 is 6.16. The lowest BCUT2D eigenvalue weighted by Crippen LogP contribution is -2.36. The summed E-state index contributed by atoms with van der Waals surface area (Å²) in [5, 5.41) is 9.48. The smallest absolute Gasteiger partial charge is 0.326 e. The molecule has 1 aliphatic heterocycles. The van der Waals surface area contributed by atoms with Crippen molar-refractivity contribution in [3.05, 3.63) is 22.7 Å². The van der Waals surface area contributed by atoms with Gasteiger partial charge in [-0.05, 0) is 37.5 Å². The minimum absolute atomic E-state index is 0.178. The summed E-state index contributed by atoms with van der Waals surface area (Å²) in [7, 11) is -3.35. The van der Waals surface area contributed by atoms with Crippen molar-refractivity contribution >= 4 is 33.1 Å². The van der Waals surface area contributed by atoms with Gasteiger partial charge in [0.25, 0.3) is 0 Å². The maximum absolute atomic E-state index is 11.6. The summed E-state index contributed by atoms with van der Waals surface area (Å²) in [6.07, 6.45) is 2.47. The molecule has 0 unspecified atom stereocenters. The standard InChI is InChI=1S/C13H16ClNO4S/c1-8-6-11(9(14)7-12(8)20(2,18)19)15-5-3-4-10(15)13(16)17/h6-7,10H,3-5H2,1-2H3,(H,16,17)/t10-/m0/s1. The third kappa shape index (κ3) is 2.76. The van der Waals surface area contributed by atoms with Crippen LogP contribution in [0.2, 0.25) is 5.02 Å². The molecule has 0 spiro atoms. The Hall–Kier alpha value is -1.27. The second-order valence-corrected chi connectivity index (χ2v) is 7.42. The Labute approximate surface area is 123 Å². The zero-order chi connectivity index (χ0) is 15.1. The minimum Gasteiger partial charge on any atom is -0.480 e. The van der Waals surface area contributed by atoms with Crippen LogP contribution in [0.15, 0.2) is 17.0 Å². The molecule has 0 bridgehead atoms. The molecule has 1 atom stereocenters. The van der Waals surface area contributed by atoms with Crippen molar-refractivity contribution in [1.29, 1.82) is 0 Å². The third-order valence-corrected chi connectivity index (χ3v) is 5.03. The lowest BCUT2D eigenvalue weighted by Gasteiger charge is -2.25. The molecular formula is C13H16ClNO4S. The summed E-state index contributed by atoms with van der Waals surface area (Å²) in [5.41, 5.74) is 1.16. The monoisotopic (exact) mass is 317 g/mol. The average molecular weight is 318 g/mol. The molecule has 0 aromatic heterocycles. The Morgan fingerprint density at radius 2 is 2.10 bits per heavy atom. The maximum atomic E-state index is 11.6. The summed E-state index contributed by atoms with van der Waals surface area (Å²) in [4.78, 5) is 13.1. The van der Waals surface area contributed by atoms with Crippen LogP contribution in [0.4, 0.5) is 5.69 Å². The Balaban J connectivity index is 2.49. The average Bonchev–Trinajstić information content (AvgIpc) is 2.79. The SMILES string of the molecule is Cc1cc(N2CCC[C@H]2C(=O)O)c(Cl)cc1S(C)(=O)=O. The number of aliphatic carboxylic acids is 1. The molecule has 110 valence electrons. The lowest BCUT2D eigenvalue weighted by molar-refractivity contribution is -0.138. The van der Waals surface area contributed by atoms with Gasteiger partial charge in [-0.2, -0.15) is 0 Å². The van der Waals surface area contributed by atoms with Gasteiger partial charge in [-0.1, -0.05) is 11.6 Å². The summed E-state index contributed by atoms with van der Waals surface area (Å²) in [6.45, 7) is 2.29. The fourth-order valence-corrected chi connectivity index (χ4v) is 3.89. The van der Waals surface area contributed by atoms with Crippen molar-refractivity contribution in [2.45, 2.75) is 30.7 Å². The van der Waals surface area contributed by atoms with Crippen LogP contribution in [0.5, 0.6) is 0 Å². The molecule has 5 nitrogen and oxygen atoms in total. The number of sulfone groups is 1. The summed E-state index contributed by atoms with van der Waals surface area (Å²) in [5.74, 6) is -0.886. The fraction of sp³-hybridized carbons (Fsp3) is 0.462. The van der Waals surface area contributed by atoms with Crippen molar-refractivity contribution in [1.82, 2.24) is 0 Å². The van der Waals surface area contributed by atoms with E-state index in [1.165, 1.54) is 6.07 Å². The van der Waals surface area contributed by atoms with Crippen LogP contribution in [0.25, 0.3) is 0 Å². The van der Waals surface area contributed by atoms with Crippen LogP contribution in [-0.2, 0) is 14.6 Å². The number of carbonyl (C=O) groups is 1. The summed E-state index contributed by atoms with van der Waals surface area (Å²) < 4.78 is 23.3. The number of hydrogen-bond donors (Lipinski definition) is 1. The van der Waals surface area contributed by atoms with E-state index < -0.39 is 21.8 Å². The van der Waals surface area contributed by atoms with Gasteiger partial charge in [-0.25, -0.2) is 13.2 Å². The Morgan fingerprint density at radius 1 is 1.45 bits per heavy atom. The van der Waals surface area contributed by atoms with E-state index in [4.69, 9.17) is 11.6 Å². The number of benzene rings is 1. The first kappa shape index (κ1) is 15.1. The Kier molecular flexibility index (Phi) is 3.97. The van der Waals surface area contributed by atoms with Crippen LogP contribution in [0.1, 0.15) is 18.4 Å². The normalized spacial score (nSPS) is 19.4. The highest BCUT2D eigenvalue weighted by molar-refractivity contribution is 7.90. The molecule has 1 heterocycles. The van der Waals surface area contributed by atoms with E-state index in [-0.39, 0.29) is 9.92 Å². The number of anilines is 1. The molecule has 1 aromatic rings. The van der Waals surface area contributed by atoms with Crippen LogP contribution in [0, 0.1) is 6.92 Å². The highest BCUT2D eigenvalue weighted by Crippen LogP contribution is 2.35. The van der Waals surface area contributed by atoms with E-state index in [0.29, 0.717) is 24.2 Å². The van der Waals surface area contributed by atoms with Crippen LogP contribution < -0.4 is 4.90 Å². The second kappa shape index (κ2) is 5.26. The zero-order valence-electron chi connectivity index (χ0n) is 11.3. The molecule has 1 aromatic carbocycles. The third-order valence-electron chi connectivity index (χ3n) is 3.49. The molecule has 7 heteroatoms. The highest BCUT2D eigenvalue weighted by atomic mass is 35.5. The highest BCUT2D eigenvalue weighted by Gasteiger charge is 2.32. The van der Waals surface area contributed by atoms with Crippen molar-refractivity contribution < 1.29 is 18.3 Å². The van der Waals surface area contributed by atoms with Gasteiger partial charge in [0.2, 0.25) is 0 Å². The maximum Gasteiger partial charge on any atom is 0.326 e. The van der Waals surface area contributed by atoms with E-state index in [0.717, 1.165) is 12.7 Å². The number of rotatable bonds is 3. The molecule has 0 radical (unpaired) electrons.